The summed E-state index contributed by atoms with van der Waals surface area (Å²) in [5.41, 5.74) is -6.60. The van der Waals surface area contributed by atoms with Crippen LogP contribution in [0.3, 0.4) is 0 Å². The van der Waals surface area contributed by atoms with Crippen LogP contribution in [-0.2, 0) is 15.0 Å². The minimum absolute atomic E-state index is 0.00582. The average Bonchev–Trinajstić information content (AvgIpc) is 2.58. The molecular weight excluding hydrogens is 538 g/mol. The Bertz CT molecular complexity index is 856. The van der Waals surface area contributed by atoms with Crippen LogP contribution in [-0.4, -0.2) is 25.2 Å². The number of benzene rings is 2. The number of alkyl halides is 6. The largest absolute Gasteiger partial charge is 0.411 e. The van der Waals surface area contributed by atoms with E-state index in [0.717, 1.165) is 12.1 Å². The summed E-state index contributed by atoms with van der Waals surface area (Å²) in [7, 11) is 0. The summed E-state index contributed by atoms with van der Waals surface area (Å²) in [5, 5.41) is 4.33. The Morgan fingerprint density at radius 2 is 1.03 bits per heavy atom. The van der Waals surface area contributed by atoms with Gasteiger partial charge in [-0.05, 0) is 67.3 Å². The number of carbonyl (C=O) groups excluding carboxylic acids is 2. The Hall–Kier alpha value is -2.08. The van der Waals surface area contributed by atoms with Crippen molar-refractivity contribution in [2.45, 2.75) is 17.8 Å². The molecule has 2 aromatic rings. The Balaban J connectivity index is 2.87. The van der Waals surface area contributed by atoms with E-state index in [4.69, 9.17) is 0 Å². The number of anilines is 2. The van der Waals surface area contributed by atoms with Crippen molar-refractivity contribution in [1.82, 2.24) is 0 Å². The number of nitrogens with one attached hydrogen (secondary N) is 2. The molecule has 12 heteroatoms. The molecule has 2 rings (SSSR count). The lowest BCUT2D eigenvalue weighted by atomic mass is 9.73. The summed E-state index contributed by atoms with van der Waals surface area (Å²) in [6.07, 6.45) is -11.1. The summed E-state index contributed by atoms with van der Waals surface area (Å²) in [6.45, 7) is 0. The average molecular weight is 548 g/mol. The van der Waals surface area contributed by atoms with E-state index in [2.05, 4.69) is 42.5 Å². The van der Waals surface area contributed by atoms with Crippen molar-refractivity contribution in [2.75, 3.05) is 10.6 Å². The van der Waals surface area contributed by atoms with Crippen LogP contribution in [0.25, 0.3) is 0 Å². The molecule has 4 nitrogen and oxygen atoms in total. The van der Waals surface area contributed by atoms with Gasteiger partial charge in [0.15, 0.2) is 0 Å². The third-order valence-corrected chi connectivity index (χ3v) is 5.40. The van der Waals surface area contributed by atoms with Crippen LogP contribution in [0.1, 0.15) is 11.1 Å². The Morgan fingerprint density at radius 3 is 1.28 bits per heavy atom. The molecule has 2 aromatic carbocycles. The zero-order valence-corrected chi connectivity index (χ0v) is 17.1. The van der Waals surface area contributed by atoms with Gasteiger partial charge in [-0.2, -0.15) is 26.3 Å². The molecule has 0 unspecified atom stereocenters. The van der Waals surface area contributed by atoms with Crippen LogP contribution >= 0.6 is 31.9 Å². The van der Waals surface area contributed by atoms with Crippen molar-refractivity contribution < 1.29 is 35.9 Å². The second-order valence-corrected chi connectivity index (χ2v) is 7.37. The summed E-state index contributed by atoms with van der Waals surface area (Å²) in [4.78, 5) is 21.1. The van der Waals surface area contributed by atoms with Crippen LogP contribution in [0.15, 0.2) is 45.3 Å². The molecule has 0 spiro atoms. The maximum Gasteiger partial charge on any atom is 0.411 e. The molecule has 0 fully saturated rings. The van der Waals surface area contributed by atoms with E-state index in [1.165, 1.54) is 0 Å². The van der Waals surface area contributed by atoms with Crippen LogP contribution in [0.5, 0.6) is 0 Å². The number of halogens is 8. The molecule has 156 valence electrons. The molecule has 0 bridgehead atoms. The van der Waals surface area contributed by atoms with Gasteiger partial charge in [0.25, 0.3) is 0 Å². The predicted molar refractivity (Wildman–Crippen MR) is 101 cm³/mol. The quantitative estimate of drug-likeness (QED) is 0.357. The maximum absolute atomic E-state index is 14.1. The Morgan fingerprint density at radius 1 is 0.690 bits per heavy atom. The third kappa shape index (κ3) is 4.13. The van der Waals surface area contributed by atoms with Crippen LogP contribution in [0.2, 0.25) is 0 Å². The molecule has 0 aromatic heterocycles. The number of carbonyl (C=O) groups is 2. The van der Waals surface area contributed by atoms with E-state index in [1.807, 2.05) is 0 Å². The smallest absolute Gasteiger partial charge is 0.328 e. The molecule has 0 aliphatic carbocycles. The molecule has 0 aliphatic heterocycles. The van der Waals surface area contributed by atoms with Crippen LogP contribution < -0.4 is 10.6 Å². The lowest BCUT2D eigenvalue weighted by Crippen LogP contribution is -2.54. The van der Waals surface area contributed by atoms with Gasteiger partial charge in [-0.15, -0.1) is 0 Å². The van der Waals surface area contributed by atoms with Gasteiger partial charge in [-0.3, -0.25) is 9.59 Å². The first kappa shape index (κ1) is 23.2. The van der Waals surface area contributed by atoms with Crippen molar-refractivity contribution in [1.29, 1.82) is 0 Å². The molecule has 2 N–H and O–H groups in total. The first-order valence-electron chi connectivity index (χ1n) is 7.54. The molecule has 29 heavy (non-hydrogen) atoms. The van der Waals surface area contributed by atoms with Gasteiger partial charge in [0, 0.05) is 8.95 Å². The second kappa shape index (κ2) is 8.34. The molecule has 0 atom stereocenters. The molecule has 0 radical (unpaired) electrons. The fourth-order valence-electron chi connectivity index (χ4n) is 2.84. The van der Waals surface area contributed by atoms with Gasteiger partial charge in [0.1, 0.15) is 0 Å². The van der Waals surface area contributed by atoms with Gasteiger partial charge >= 0.3 is 12.4 Å². The zero-order chi connectivity index (χ0) is 22.0. The standard InChI is InChI=1S/C17H10Br2F6N2O2/c18-11-5-9(1-3-13(11)26-7-28)15(16(20,21)22,17(23,24)25)10-2-4-14(27-8-29)12(19)6-10/h1-8H,(H,26,28)(H,27,29). The molecule has 0 heterocycles. The van der Waals surface area contributed by atoms with Gasteiger partial charge in [0.2, 0.25) is 18.2 Å². The van der Waals surface area contributed by atoms with Crippen LogP contribution in [0.4, 0.5) is 37.7 Å². The molecule has 2 amide bonds. The lowest BCUT2D eigenvalue weighted by Gasteiger charge is -2.38. The molecule has 0 saturated carbocycles. The Kier molecular flexibility index (Phi) is 6.68. The summed E-state index contributed by atoms with van der Waals surface area (Å²) in [6, 6.07) is 4.44. The highest BCUT2D eigenvalue weighted by Gasteiger charge is 2.72. The van der Waals surface area contributed by atoms with Crippen molar-refractivity contribution in [3.8, 4) is 0 Å². The first-order valence-corrected chi connectivity index (χ1v) is 9.12. The molecule has 0 aliphatic rings. The van der Waals surface area contributed by atoms with E-state index in [9.17, 15) is 35.9 Å². The topological polar surface area (TPSA) is 58.2 Å². The summed E-state index contributed by atoms with van der Waals surface area (Å²) in [5.74, 6) is 0. The van der Waals surface area contributed by atoms with E-state index in [-0.39, 0.29) is 33.1 Å². The van der Waals surface area contributed by atoms with Gasteiger partial charge in [-0.25, -0.2) is 0 Å². The Labute approximate surface area is 176 Å². The third-order valence-electron chi connectivity index (χ3n) is 4.08. The second-order valence-electron chi connectivity index (χ2n) is 5.66. The van der Waals surface area contributed by atoms with E-state index >= 15 is 0 Å². The molecular formula is C17H10Br2F6N2O2. The van der Waals surface area contributed by atoms with E-state index in [1.54, 1.807) is 0 Å². The van der Waals surface area contributed by atoms with Crippen molar-refractivity contribution in [3.63, 3.8) is 0 Å². The highest BCUT2D eigenvalue weighted by atomic mass is 79.9. The minimum atomic E-state index is -5.77. The fraction of sp³-hybridized carbons (Fsp3) is 0.176. The highest BCUT2D eigenvalue weighted by molar-refractivity contribution is 9.11. The minimum Gasteiger partial charge on any atom is -0.328 e. The lowest BCUT2D eigenvalue weighted by molar-refractivity contribution is -0.288. The summed E-state index contributed by atoms with van der Waals surface area (Å²) < 4.78 is 84.3. The molecule has 0 saturated heterocycles. The number of rotatable bonds is 6. The SMILES string of the molecule is O=CNc1ccc(C(c2ccc(NC=O)c(Br)c2)(C(F)(F)F)C(F)(F)F)cc1Br. The van der Waals surface area contributed by atoms with Gasteiger partial charge in [-0.1, -0.05) is 12.1 Å². The van der Waals surface area contributed by atoms with Crippen LogP contribution in [0, 0.1) is 0 Å². The number of hydrogen-bond acceptors (Lipinski definition) is 2. The maximum atomic E-state index is 14.1. The van der Waals surface area contributed by atoms with Gasteiger partial charge < -0.3 is 10.6 Å². The highest BCUT2D eigenvalue weighted by Crippen LogP contribution is 2.57. The first-order chi connectivity index (χ1) is 13.4. The van der Waals surface area contributed by atoms with E-state index < -0.39 is 28.9 Å². The number of amides is 2. The summed E-state index contributed by atoms with van der Waals surface area (Å²) >= 11 is 5.76. The monoisotopic (exact) mass is 546 g/mol. The van der Waals surface area contributed by atoms with Gasteiger partial charge in [0.05, 0.1) is 11.4 Å². The number of hydrogen-bond donors (Lipinski definition) is 2. The van der Waals surface area contributed by atoms with Crippen molar-refractivity contribution >= 4 is 56.1 Å². The predicted octanol–water partition coefficient (Wildman–Crippen LogP) is 5.76. The zero-order valence-electron chi connectivity index (χ0n) is 14.0. The van der Waals surface area contributed by atoms with Crippen molar-refractivity contribution in [3.05, 3.63) is 56.5 Å². The normalized spacial score (nSPS) is 12.4. The fourth-order valence-corrected chi connectivity index (χ4v) is 3.83. The van der Waals surface area contributed by atoms with Crippen molar-refractivity contribution in [2.24, 2.45) is 0 Å². The van der Waals surface area contributed by atoms with E-state index in [0.29, 0.717) is 24.3 Å².